The van der Waals surface area contributed by atoms with Gasteiger partial charge in [0.2, 0.25) is 0 Å². The smallest absolute Gasteiger partial charge is 0.250 e. The highest BCUT2D eigenvalue weighted by molar-refractivity contribution is 14.0. The van der Waals surface area contributed by atoms with Crippen LogP contribution in [0.3, 0.4) is 0 Å². The number of hydrogen-bond donors (Lipinski definition) is 2. The normalized spacial score (nSPS) is 15.0. The Morgan fingerprint density at radius 2 is 1.79 bits per heavy atom. The van der Waals surface area contributed by atoms with Crippen LogP contribution in [0.1, 0.15) is 50.2 Å². The van der Waals surface area contributed by atoms with Gasteiger partial charge < -0.3 is 15.2 Å². The zero-order valence-electron chi connectivity index (χ0n) is 16.6. The SMILES string of the molecule is CCNC(=NCc1ccc(Cn2ccccc2=O)cc1)NC1CCCCC1.I. The van der Waals surface area contributed by atoms with Gasteiger partial charge in [-0.25, -0.2) is 4.99 Å². The maximum Gasteiger partial charge on any atom is 0.250 e. The second-order valence-corrected chi connectivity index (χ2v) is 7.16. The summed E-state index contributed by atoms with van der Waals surface area (Å²) in [6.07, 6.45) is 8.26. The summed E-state index contributed by atoms with van der Waals surface area (Å²) in [6, 6.07) is 14.1. The number of aromatic nitrogens is 1. The molecule has 2 aromatic rings. The first-order valence-electron chi connectivity index (χ1n) is 10.0. The molecule has 0 radical (unpaired) electrons. The topological polar surface area (TPSA) is 58.4 Å². The quantitative estimate of drug-likeness (QED) is 0.364. The van der Waals surface area contributed by atoms with Crippen molar-refractivity contribution < 1.29 is 0 Å². The number of guanidine groups is 1. The molecule has 1 aromatic carbocycles. The van der Waals surface area contributed by atoms with E-state index in [1.807, 2.05) is 12.3 Å². The number of nitrogens with one attached hydrogen (secondary N) is 2. The van der Waals surface area contributed by atoms with E-state index in [0.29, 0.717) is 19.1 Å². The van der Waals surface area contributed by atoms with Gasteiger partial charge in [-0.15, -0.1) is 24.0 Å². The lowest BCUT2D eigenvalue weighted by Gasteiger charge is -2.24. The molecule has 0 aliphatic heterocycles. The van der Waals surface area contributed by atoms with Gasteiger partial charge in [-0.2, -0.15) is 0 Å². The van der Waals surface area contributed by atoms with Crippen LogP contribution in [-0.4, -0.2) is 23.1 Å². The average Bonchev–Trinajstić information content (AvgIpc) is 2.70. The second kappa shape index (κ2) is 11.9. The molecule has 2 N–H and O–H groups in total. The molecule has 1 aliphatic carbocycles. The molecular weight excluding hydrogens is 463 g/mol. The Kier molecular flexibility index (Phi) is 9.54. The van der Waals surface area contributed by atoms with Gasteiger partial charge in [0.25, 0.3) is 5.56 Å². The van der Waals surface area contributed by atoms with E-state index >= 15 is 0 Å². The fourth-order valence-corrected chi connectivity index (χ4v) is 3.47. The van der Waals surface area contributed by atoms with Crippen LogP contribution in [-0.2, 0) is 13.1 Å². The zero-order valence-corrected chi connectivity index (χ0v) is 18.9. The molecule has 5 nitrogen and oxygen atoms in total. The zero-order chi connectivity index (χ0) is 18.9. The first-order valence-corrected chi connectivity index (χ1v) is 10.0. The summed E-state index contributed by atoms with van der Waals surface area (Å²) < 4.78 is 1.71. The molecule has 6 heteroatoms. The number of benzene rings is 1. The number of nitrogens with zero attached hydrogens (tertiary/aromatic N) is 2. The molecule has 3 rings (SSSR count). The van der Waals surface area contributed by atoms with E-state index in [2.05, 4.69) is 41.8 Å². The van der Waals surface area contributed by atoms with Gasteiger partial charge in [0.15, 0.2) is 5.96 Å². The van der Waals surface area contributed by atoms with E-state index in [1.165, 1.54) is 37.7 Å². The summed E-state index contributed by atoms with van der Waals surface area (Å²) >= 11 is 0. The lowest BCUT2D eigenvalue weighted by atomic mass is 9.96. The van der Waals surface area contributed by atoms with Crippen molar-refractivity contribution in [3.8, 4) is 0 Å². The Hall–Kier alpha value is -1.83. The fraction of sp³-hybridized carbons (Fsp3) is 0.455. The molecule has 152 valence electrons. The van der Waals surface area contributed by atoms with Crippen molar-refractivity contribution in [3.05, 3.63) is 70.1 Å². The Labute approximate surface area is 184 Å². The Balaban J connectivity index is 0.00000280. The van der Waals surface area contributed by atoms with Gasteiger partial charge >= 0.3 is 0 Å². The summed E-state index contributed by atoms with van der Waals surface area (Å²) in [4.78, 5) is 16.6. The highest BCUT2D eigenvalue weighted by Gasteiger charge is 2.14. The van der Waals surface area contributed by atoms with Crippen molar-refractivity contribution in [1.82, 2.24) is 15.2 Å². The van der Waals surface area contributed by atoms with Crippen LogP contribution in [0.25, 0.3) is 0 Å². The molecule has 28 heavy (non-hydrogen) atoms. The first kappa shape index (κ1) is 22.5. The molecule has 1 aromatic heterocycles. The van der Waals surface area contributed by atoms with Crippen molar-refractivity contribution in [2.24, 2.45) is 4.99 Å². The third-order valence-electron chi connectivity index (χ3n) is 4.98. The van der Waals surface area contributed by atoms with E-state index in [9.17, 15) is 4.79 Å². The molecule has 0 amide bonds. The lowest BCUT2D eigenvalue weighted by Crippen LogP contribution is -2.44. The number of hydrogen-bond acceptors (Lipinski definition) is 2. The summed E-state index contributed by atoms with van der Waals surface area (Å²) in [5.41, 5.74) is 2.30. The molecule has 0 unspecified atom stereocenters. The predicted molar refractivity (Wildman–Crippen MR) is 126 cm³/mol. The van der Waals surface area contributed by atoms with Crippen molar-refractivity contribution in [2.45, 2.75) is 58.2 Å². The third-order valence-corrected chi connectivity index (χ3v) is 4.98. The molecule has 0 atom stereocenters. The van der Waals surface area contributed by atoms with Crippen LogP contribution in [0.5, 0.6) is 0 Å². The van der Waals surface area contributed by atoms with Gasteiger partial charge in [0.05, 0.1) is 13.1 Å². The summed E-state index contributed by atoms with van der Waals surface area (Å²) in [6.45, 7) is 4.20. The Morgan fingerprint density at radius 3 is 2.46 bits per heavy atom. The largest absolute Gasteiger partial charge is 0.357 e. The first-order chi connectivity index (χ1) is 13.2. The lowest BCUT2D eigenvalue weighted by molar-refractivity contribution is 0.410. The van der Waals surface area contributed by atoms with E-state index in [0.717, 1.165) is 18.1 Å². The van der Waals surface area contributed by atoms with Gasteiger partial charge in [-0.3, -0.25) is 4.79 Å². The van der Waals surface area contributed by atoms with Crippen molar-refractivity contribution in [1.29, 1.82) is 0 Å². The predicted octanol–water partition coefficient (Wildman–Crippen LogP) is 3.90. The number of aliphatic imine (C=N–C) groups is 1. The number of rotatable bonds is 6. The number of halogens is 1. The second-order valence-electron chi connectivity index (χ2n) is 7.16. The molecule has 1 aliphatic rings. The van der Waals surface area contributed by atoms with Gasteiger partial charge in [0, 0.05) is 24.8 Å². The molecule has 0 saturated heterocycles. The molecule has 1 saturated carbocycles. The molecule has 0 spiro atoms. The molecular formula is C22H31IN4O. The van der Waals surface area contributed by atoms with Crippen LogP contribution in [0, 0.1) is 0 Å². The van der Waals surface area contributed by atoms with Crippen LogP contribution < -0.4 is 16.2 Å². The van der Waals surface area contributed by atoms with Crippen LogP contribution in [0.4, 0.5) is 0 Å². The summed E-state index contributed by atoms with van der Waals surface area (Å²) in [5.74, 6) is 0.907. The van der Waals surface area contributed by atoms with Crippen LogP contribution >= 0.6 is 24.0 Å². The Morgan fingerprint density at radius 1 is 1.07 bits per heavy atom. The van der Waals surface area contributed by atoms with Crippen molar-refractivity contribution >= 4 is 29.9 Å². The van der Waals surface area contributed by atoms with E-state index < -0.39 is 0 Å². The highest BCUT2D eigenvalue weighted by atomic mass is 127. The van der Waals surface area contributed by atoms with Crippen LogP contribution in [0.15, 0.2) is 58.4 Å². The number of pyridine rings is 1. The Bertz CT molecular complexity index is 795. The van der Waals surface area contributed by atoms with Gasteiger partial charge in [-0.1, -0.05) is 49.6 Å². The van der Waals surface area contributed by atoms with Gasteiger partial charge in [-0.05, 0) is 37.0 Å². The highest BCUT2D eigenvalue weighted by Crippen LogP contribution is 2.17. The molecule has 0 bridgehead atoms. The standard InChI is InChI=1S/C22H30N4O.HI/c1-2-23-22(25-20-8-4-3-5-9-20)24-16-18-11-13-19(14-12-18)17-26-15-7-6-10-21(26)27;/h6-7,10-15,20H,2-5,8-9,16-17H2,1H3,(H2,23,24,25);1H. The van der Waals surface area contributed by atoms with Crippen molar-refractivity contribution in [2.75, 3.05) is 6.54 Å². The average molecular weight is 494 g/mol. The molecule has 1 heterocycles. The third kappa shape index (κ3) is 6.96. The fourth-order valence-electron chi connectivity index (χ4n) is 3.47. The minimum atomic E-state index is 0. The van der Waals surface area contributed by atoms with Gasteiger partial charge in [0.1, 0.15) is 0 Å². The summed E-state index contributed by atoms with van der Waals surface area (Å²) in [5, 5.41) is 6.93. The van der Waals surface area contributed by atoms with Crippen LogP contribution in [0.2, 0.25) is 0 Å². The van der Waals surface area contributed by atoms with E-state index in [4.69, 9.17) is 4.99 Å². The van der Waals surface area contributed by atoms with E-state index in [1.54, 1.807) is 16.7 Å². The maximum atomic E-state index is 11.8. The summed E-state index contributed by atoms with van der Waals surface area (Å²) in [7, 11) is 0. The minimum absolute atomic E-state index is 0. The van der Waals surface area contributed by atoms with Crippen molar-refractivity contribution in [3.63, 3.8) is 0 Å². The van der Waals surface area contributed by atoms with E-state index in [-0.39, 0.29) is 29.5 Å². The monoisotopic (exact) mass is 494 g/mol. The maximum absolute atomic E-state index is 11.8. The molecule has 1 fully saturated rings. The minimum Gasteiger partial charge on any atom is -0.357 e.